The van der Waals surface area contributed by atoms with Crippen molar-refractivity contribution in [1.82, 2.24) is 4.98 Å². The molecule has 2 aromatic rings. The first-order valence-electron chi connectivity index (χ1n) is 5.71. The summed E-state index contributed by atoms with van der Waals surface area (Å²) < 4.78 is 0. The number of aromatic nitrogens is 1. The Morgan fingerprint density at radius 3 is 2.56 bits per heavy atom. The molecule has 0 amide bonds. The van der Waals surface area contributed by atoms with Crippen molar-refractivity contribution in [2.45, 2.75) is 25.8 Å². The van der Waals surface area contributed by atoms with E-state index < -0.39 is 0 Å². The van der Waals surface area contributed by atoms with Crippen molar-refractivity contribution in [1.29, 1.82) is 0 Å². The summed E-state index contributed by atoms with van der Waals surface area (Å²) in [4.78, 5) is 4.38. The summed E-state index contributed by atoms with van der Waals surface area (Å²) in [5, 5.41) is 1.25. The molecule has 16 heavy (non-hydrogen) atoms. The highest BCUT2D eigenvalue weighted by atomic mass is 14.8. The second kappa shape index (κ2) is 3.05. The Morgan fingerprint density at radius 1 is 1.19 bits per heavy atom. The number of rotatable bonds is 1. The molecule has 1 heterocycles. The second-order valence-corrected chi connectivity index (χ2v) is 5.24. The minimum Gasteiger partial charge on any atom is -0.327 e. The van der Waals surface area contributed by atoms with Crippen LogP contribution in [0.1, 0.15) is 25.3 Å². The second-order valence-electron chi connectivity index (χ2n) is 5.24. The number of nitrogens with two attached hydrogens (primary N) is 1. The van der Waals surface area contributed by atoms with Crippen LogP contribution in [0.3, 0.4) is 0 Å². The summed E-state index contributed by atoms with van der Waals surface area (Å²) in [7, 11) is 0. The Bertz CT molecular complexity index is 540. The van der Waals surface area contributed by atoms with Crippen molar-refractivity contribution in [2.24, 2.45) is 11.1 Å². The Labute approximate surface area is 95.5 Å². The van der Waals surface area contributed by atoms with E-state index in [1.807, 2.05) is 12.3 Å². The summed E-state index contributed by atoms with van der Waals surface area (Å²) >= 11 is 0. The van der Waals surface area contributed by atoms with Gasteiger partial charge in [0.2, 0.25) is 0 Å². The van der Waals surface area contributed by atoms with Crippen LogP contribution in [0.2, 0.25) is 0 Å². The topological polar surface area (TPSA) is 38.9 Å². The molecule has 0 bridgehead atoms. The fourth-order valence-corrected chi connectivity index (χ4v) is 2.66. The van der Waals surface area contributed by atoms with Gasteiger partial charge in [0.15, 0.2) is 0 Å². The molecule has 2 nitrogen and oxygen atoms in total. The zero-order chi connectivity index (χ0) is 11.3. The van der Waals surface area contributed by atoms with E-state index in [0.717, 1.165) is 5.52 Å². The van der Waals surface area contributed by atoms with Gasteiger partial charge in [-0.2, -0.15) is 0 Å². The molecular weight excluding hydrogens is 196 g/mol. The van der Waals surface area contributed by atoms with Crippen LogP contribution in [-0.4, -0.2) is 11.0 Å². The monoisotopic (exact) mass is 212 g/mol. The highest BCUT2D eigenvalue weighted by molar-refractivity contribution is 5.83. The Balaban J connectivity index is 2.19. The van der Waals surface area contributed by atoms with Crippen molar-refractivity contribution in [3.63, 3.8) is 0 Å². The van der Waals surface area contributed by atoms with Crippen LogP contribution in [0.25, 0.3) is 10.9 Å². The molecule has 82 valence electrons. The third kappa shape index (κ3) is 1.20. The largest absolute Gasteiger partial charge is 0.327 e. The maximum absolute atomic E-state index is 6.15. The maximum atomic E-state index is 6.15. The van der Waals surface area contributed by atoms with Gasteiger partial charge in [0, 0.05) is 23.5 Å². The number of para-hydroxylation sites is 1. The molecule has 2 heteroatoms. The van der Waals surface area contributed by atoms with Crippen LogP contribution in [-0.2, 0) is 0 Å². The van der Waals surface area contributed by atoms with Crippen LogP contribution in [0.5, 0.6) is 0 Å². The highest BCUT2D eigenvalue weighted by Crippen LogP contribution is 2.58. The van der Waals surface area contributed by atoms with Gasteiger partial charge in [0.1, 0.15) is 0 Å². The summed E-state index contributed by atoms with van der Waals surface area (Å²) in [6, 6.07) is 10.7. The summed E-state index contributed by atoms with van der Waals surface area (Å²) in [6.45, 7) is 4.47. The summed E-state index contributed by atoms with van der Waals surface area (Å²) in [5.41, 5.74) is 8.79. The number of fused-ring (bicyclic) bond motifs is 1. The van der Waals surface area contributed by atoms with Gasteiger partial charge in [-0.25, -0.2) is 0 Å². The Hall–Kier alpha value is -1.41. The van der Waals surface area contributed by atoms with Crippen LogP contribution < -0.4 is 5.73 Å². The van der Waals surface area contributed by atoms with E-state index in [4.69, 9.17) is 5.73 Å². The minimum atomic E-state index is 0.226. The van der Waals surface area contributed by atoms with Gasteiger partial charge >= 0.3 is 0 Å². The predicted octanol–water partition coefficient (Wildman–Crippen LogP) is 2.69. The minimum absolute atomic E-state index is 0.226. The van der Waals surface area contributed by atoms with Gasteiger partial charge in [-0.05, 0) is 23.1 Å². The smallest absolute Gasteiger partial charge is 0.0704 e. The maximum Gasteiger partial charge on any atom is 0.0704 e. The van der Waals surface area contributed by atoms with E-state index >= 15 is 0 Å². The molecule has 0 spiro atoms. The molecule has 1 aromatic heterocycles. The third-order valence-corrected chi connectivity index (χ3v) is 3.93. The van der Waals surface area contributed by atoms with Crippen molar-refractivity contribution in [2.75, 3.05) is 0 Å². The van der Waals surface area contributed by atoms with Crippen LogP contribution in [0.4, 0.5) is 0 Å². The molecule has 2 N–H and O–H groups in total. The van der Waals surface area contributed by atoms with E-state index in [9.17, 15) is 0 Å². The molecule has 2 unspecified atom stereocenters. The Morgan fingerprint density at radius 2 is 1.88 bits per heavy atom. The van der Waals surface area contributed by atoms with Gasteiger partial charge in [-0.15, -0.1) is 0 Å². The fraction of sp³-hybridized carbons (Fsp3) is 0.357. The number of pyridine rings is 1. The first-order chi connectivity index (χ1) is 7.62. The summed E-state index contributed by atoms with van der Waals surface area (Å²) in [5.74, 6) is 0.473. The summed E-state index contributed by atoms with van der Waals surface area (Å²) in [6.07, 6.45) is 1.89. The quantitative estimate of drug-likeness (QED) is 0.789. The first kappa shape index (κ1) is 9.79. The SMILES string of the molecule is CC1(C)C(N)C1c1ccnc2ccccc12. The zero-order valence-corrected chi connectivity index (χ0v) is 9.64. The number of hydrogen-bond acceptors (Lipinski definition) is 2. The van der Waals surface area contributed by atoms with Crippen molar-refractivity contribution < 1.29 is 0 Å². The molecular formula is C14H16N2. The number of hydrogen-bond donors (Lipinski definition) is 1. The van der Waals surface area contributed by atoms with Crippen molar-refractivity contribution in [3.8, 4) is 0 Å². The lowest BCUT2D eigenvalue weighted by atomic mass is 10.00. The average molecular weight is 212 g/mol. The molecule has 1 aromatic carbocycles. The van der Waals surface area contributed by atoms with Crippen molar-refractivity contribution in [3.05, 3.63) is 42.1 Å². The van der Waals surface area contributed by atoms with E-state index in [1.54, 1.807) is 0 Å². The van der Waals surface area contributed by atoms with Gasteiger partial charge in [-0.1, -0.05) is 32.0 Å². The third-order valence-electron chi connectivity index (χ3n) is 3.93. The molecule has 1 aliphatic rings. The molecule has 3 rings (SSSR count). The molecule has 1 fully saturated rings. The number of nitrogens with zero attached hydrogens (tertiary/aromatic N) is 1. The predicted molar refractivity (Wildman–Crippen MR) is 66.2 cm³/mol. The van der Waals surface area contributed by atoms with Gasteiger partial charge in [-0.3, -0.25) is 4.98 Å². The average Bonchev–Trinajstić information content (AvgIpc) is 2.77. The molecule has 2 atom stereocenters. The van der Waals surface area contributed by atoms with Gasteiger partial charge in [0.25, 0.3) is 0 Å². The molecule has 0 radical (unpaired) electrons. The van der Waals surface area contributed by atoms with Crippen LogP contribution >= 0.6 is 0 Å². The van der Waals surface area contributed by atoms with E-state index in [0.29, 0.717) is 5.92 Å². The lowest BCUT2D eigenvalue weighted by Gasteiger charge is -2.06. The first-order valence-corrected chi connectivity index (χ1v) is 5.71. The zero-order valence-electron chi connectivity index (χ0n) is 9.64. The molecule has 0 aliphatic heterocycles. The fourth-order valence-electron chi connectivity index (χ4n) is 2.66. The molecule has 0 saturated heterocycles. The van der Waals surface area contributed by atoms with E-state index in [-0.39, 0.29) is 11.5 Å². The molecule has 1 saturated carbocycles. The van der Waals surface area contributed by atoms with Crippen LogP contribution in [0, 0.1) is 5.41 Å². The highest BCUT2D eigenvalue weighted by Gasteiger charge is 2.56. The lowest BCUT2D eigenvalue weighted by molar-refractivity contribution is 0.600. The van der Waals surface area contributed by atoms with E-state index in [1.165, 1.54) is 10.9 Å². The van der Waals surface area contributed by atoms with Gasteiger partial charge in [0.05, 0.1) is 5.52 Å². The van der Waals surface area contributed by atoms with Gasteiger partial charge < -0.3 is 5.73 Å². The standard InChI is InChI=1S/C14H16N2/c1-14(2)12(13(14)15)10-7-8-16-11-6-4-3-5-9(10)11/h3-8,12-13H,15H2,1-2H3. The molecule has 1 aliphatic carbocycles. The van der Waals surface area contributed by atoms with E-state index in [2.05, 4.69) is 43.1 Å². The number of benzene rings is 1. The Kier molecular flexibility index (Phi) is 1.86. The van der Waals surface area contributed by atoms with Crippen molar-refractivity contribution >= 4 is 10.9 Å². The lowest BCUT2D eigenvalue weighted by Crippen LogP contribution is -2.06. The normalized spacial score (nSPS) is 26.9. The van der Waals surface area contributed by atoms with Crippen LogP contribution in [0.15, 0.2) is 36.5 Å².